The van der Waals surface area contributed by atoms with Gasteiger partial charge in [0.2, 0.25) is 0 Å². The Balaban J connectivity index is 1.88. The first-order valence-electron chi connectivity index (χ1n) is 7.27. The lowest BCUT2D eigenvalue weighted by atomic mass is 9.98. The van der Waals surface area contributed by atoms with Crippen molar-refractivity contribution in [2.75, 3.05) is 17.2 Å². The summed E-state index contributed by atoms with van der Waals surface area (Å²) in [5.74, 6) is 0.814. The Morgan fingerprint density at radius 2 is 2.00 bits per heavy atom. The molecule has 1 aliphatic rings. The third-order valence-corrected chi connectivity index (χ3v) is 4.28. The average Bonchev–Trinajstić information content (AvgIpc) is 2.60. The average molecular weight is 360 g/mol. The Labute approximate surface area is 138 Å². The minimum absolute atomic E-state index is 0.511. The molecule has 1 atom stereocenters. The van der Waals surface area contributed by atoms with Crippen molar-refractivity contribution in [2.45, 2.75) is 12.7 Å². The van der Waals surface area contributed by atoms with Crippen LogP contribution in [0.2, 0.25) is 0 Å². The topological polar surface area (TPSA) is 41.5 Å². The van der Waals surface area contributed by atoms with Crippen LogP contribution in [0.5, 0.6) is 5.75 Å². The van der Waals surface area contributed by atoms with E-state index in [1.54, 1.807) is 0 Å². The van der Waals surface area contributed by atoms with E-state index in [-0.39, 0.29) is 0 Å². The number of fused-ring (bicyclic) bond motifs is 1. The fourth-order valence-electron chi connectivity index (χ4n) is 2.54. The van der Waals surface area contributed by atoms with Crippen molar-refractivity contribution in [1.29, 1.82) is 0 Å². The van der Waals surface area contributed by atoms with Crippen molar-refractivity contribution in [1.82, 2.24) is 0 Å². The number of alkyl halides is 1. The maximum Gasteiger partial charge on any atom is 0.143 e. The van der Waals surface area contributed by atoms with E-state index >= 15 is 0 Å². The van der Waals surface area contributed by atoms with Gasteiger partial charge in [-0.05, 0) is 17.2 Å². The molecular formula is C18H18BrNO2. The lowest BCUT2D eigenvalue weighted by Gasteiger charge is -2.22. The third-order valence-electron chi connectivity index (χ3n) is 3.66. The minimum atomic E-state index is -0.526. The molecule has 0 saturated heterocycles. The number of anilines is 1. The number of halogens is 1. The van der Waals surface area contributed by atoms with Gasteiger partial charge >= 0.3 is 0 Å². The van der Waals surface area contributed by atoms with Crippen LogP contribution in [0.1, 0.15) is 22.8 Å². The van der Waals surface area contributed by atoms with E-state index in [1.165, 1.54) is 0 Å². The van der Waals surface area contributed by atoms with E-state index in [2.05, 4.69) is 21.2 Å². The maximum atomic E-state index is 10.1. The monoisotopic (exact) mass is 359 g/mol. The molecule has 114 valence electrons. The summed E-state index contributed by atoms with van der Waals surface area (Å²) in [6.07, 6.45) is 3.57. The van der Waals surface area contributed by atoms with Crippen LogP contribution in [0.15, 0.2) is 48.5 Å². The summed E-state index contributed by atoms with van der Waals surface area (Å²) < 4.78 is 5.97. The first-order chi connectivity index (χ1) is 10.8. The van der Waals surface area contributed by atoms with Gasteiger partial charge in [0.05, 0.1) is 11.8 Å². The van der Waals surface area contributed by atoms with E-state index in [4.69, 9.17) is 4.74 Å². The van der Waals surface area contributed by atoms with Gasteiger partial charge in [-0.25, -0.2) is 0 Å². The van der Waals surface area contributed by atoms with Crippen molar-refractivity contribution in [2.24, 2.45) is 0 Å². The number of aliphatic hydroxyl groups excluding tert-OH is 1. The van der Waals surface area contributed by atoms with Gasteiger partial charge in [-0.2, -0.15) is 0 Å². The molecule has 3 nitrogen and oxygen atoms in total. The number of benzene rings is 2. The SMILES string of the molecule is O[C@@H](CBr)c1ccc(OCc2ccccc2)c2c1C=CCN2. The normalized spacial score (nSPS) is 14.1. The van der Waals surface area contributed by atoms with Gasteiger partial charge in [-0.3, -0.25) is 0 Å². The van der Waals surface area contributed by atoms with E-state index in [0.717, 1.165) is 34.7 Å². The Hall–Kier alpha value is -1.78. The molecule has 0 aromatic heterocycles. The van der Waals surface area contributed by atoms with Crippen LogP contribution in [0, 0.1) is 0 Å². The molecule has 0 saturated carbocycles. The molecule has 2 aromatic carbocycles. The van der Waals surface area contributed by atoms with E-state index in [9.17, 15) is 5.11 Å². The van der Waals surface area contributed by atoms with Gasteiger partial charge < -0.3 is 15.2 Å². The van der Waals surface area contributed by atoms with Crippen molar-refractivity contribution in [3.63, 3.8) is 0 Å². The molecule has 1 heterocycles. The van der Waals surface area contributed by atoms with E-state index in [1.807, 2.05) is 54.6 Å². The number of hydrogen-bond acceptors (Lipinski definition) is 3. The second-order valence-corrected chi connectivity index (χ2v) is 5.82. The van der Waals surface area contributed by atoms with Crippen molar-refractivity contribution >= 4 is 27.7 Å². The van der Waals surface area contributed by atoms with E-state index in [0.29, 0.717) is 11.9 Å². The van der Waals surface area contributed by atoms with Gasteiger partial charge in [0.25, 0.3) is 0 Å². The maximum absolute atomic E-state index is 10.1. The molecule has 22 heavy (non-hydrogen) atoms. The number of ether oxygens (including phenoxy) is 1. The summed E-state index contributed by atoms with van der Waals surface area (Å²) in [5.41, 5.74) is 3.99. The lowest BCUT2D eigenvalue weighted by molar-refractivity contribution is 0.205. The standard InChI is InChI=1S/C18H18BrNO2/c19-11-16(21)14-8-9-17(18-15(14)7-4-10-20-18)22-12-13-5-2-1-3-6-13/h1-9,16,20-21H,10-12H2/t16-/m0/s1. The zero-order chi connectivity index (χ0) is 15.4. The second kappa shape index (κ2) is 6.99. The zero-order valence-electron chi connectivity index (χ0n) is 12.1. The van der Waals surface area contributed by atoms with Crippen LogP contribution in [-0.2, 0) is 6.61 Å². The molecule has 2 aromatic rings. The minimum Gasteiger partial charge on any atom is -0.487 e. The Morgan fingerprint density at radius 1 is 1.18 bits per heavy atom. The molecule has 2 N–H and O–H groups in total. The Morgan fingerprint density at radius 3 is 2.77 bits per heavy atom. The molecule has 0 spiro atoms. The predicted octanol–water partition coefficient (Wildman–Crippen LogP) is 4.13. The molecular weight excluding hydrogens is 342 g/mol. The van der Waals surface area contributed by atoms with Crippen LogP contribution < -0.4 is 10.1 Å². The quantitative estimate of drug-likeness (QED) is 0.788. The van der Waals surface area contributed by atoms with Gasteiger partial charge in [0.1, 0.15) is 12.4 Å². The number of nitrogens with one attached hydrogen (secondary N) is 1. The molecule has 1 aliphatic heterocycles. The van der Waals surface area contributed by atoms with Crippen LogP contribution in [0.3, 0.4) is 0 Å². The highest BCUT2D eigenvalue weighted by molar-refractivity contribution is 9.09. The summed E-state index contributed by atoms with van der Waals surface area (Å²) in [4.78, 5) is 0. The highest BCUT2D eigenvalue weighted by Crippen LogP contribution is 2.37. The molecule has 3 rings (SSSR count). The fraction of sp³-hybridized carbons (Fsp3) is 0.222. The van der Waals surface area contributed by atoms with Crippen LogP contribution in [-0.4, -0.2) is 17.0 Å². The fourth-order valence-corrected chi connectivity index (χ4v) is 2.89. The molecule has 0 amide bonds. The van der Waals surface area contributed by atoms with Crippen molar-refractivity contribution in [3.8, 4) is 5.75 Å². The predicted molar refractivity (Wildman–Crippen MR) is 93.5 cm³/mol. The van der Waals surface area contributed by atoms with E-state index < -0.39 is 6.10 Å². The van der Waals surface area contributed by atoms with Gasteiger partial charge in [-0.15, -0.1) is 0 Å². The molecule has 0 bridgehead atoms. The molecule has 4 heteroatoms. The Bertz CT molecular complexity index is 670. The largest absolute Gasteiger partial charge is 0.487 e. The molecule has 0 radical (unpaired) electrons. The smallest absolute Gasteiger partial charge is 0.143 e. The van der Waals surface area contributed by atoms with Gasteiger partial charge in [0.15, 0.2) is 0 Å². The number of aliphatic hydroxyl groups is 1. The first kappa shape index (κ1) is 15.1. The highest BCUT2D eigenvalue weighted by atomic mass is 79.9. The summed E-state index contributed by atoms with van der Waals surface area (Å²) >= 11 is 3.33. The Kier molecular flexibility index (Phi) is 4.80. The summed E-state index contributed by atoms with van der Waals surface area (Å²) in [6, 6.07) is 14.0. The second-order valence-electron chi connectivity index (χ2n) is 5.17. The van der Waals surface area contributed by atoms with Gasteiger partial charge in [0, 0.05) is 17.4 Å². The van der Waals surface area contributed by atoms with Crippen LogP contribution >= 0.6 is 15.9 Å². The van der Waals surface area contributed by atoms with Crippen molar-refractivity contribution < 1.29 is 9.84 Å². The zero-order valence-corrected chi connectivity index (χ0v) is 13.7. The number of rotatable bonds is 5. The third kappa shape index (κ3) is 3.18. The van der Waals surface area contributed by atoms with Gasteiger partial charge in [-0.1, -0.05) is 64.5 Å². The molecule has 0 unspecified atom stereocenters. The van der Waals surface area contributed by atoms with Crippen LogP contribution in [0.25, 0.3) is 6.08 Å². The summed E-state index contributed by atoms with van der Waals surface area (Å²) in [5, 5.41) is 14.0. The molecule has 0 fully saturated rings. The van der Waals surface area contributed by atoms with Crippen LogP contribution in [0.4, 0.5) is 5.69 Å². The first-order valence-corrected chi connectivity index (χ1v) is 8.40. The van der Waals surface area contributed by atoms with Crippen molar-refractivity contribution in [3.05, 3.63) is 65.2 Å². The molecule has 0 aliphatic carbocycles. The summed E-state index contributed by atoms with van der Waals surface area (Å²) in [7, 11) is 0. The highest BCUT2D eigenvalue weighted by Gasteiger charge is 2.18. The summed E-state index contributed by atoms with van der Waals surface area (Å²) in [6.45, 7) is 1.29. The number of hydrogen-bond donors (Lipinski definition) is 2. The lowest BCUT2D eigenvalue weighted by Crippen LogP contribution is -2.11.